The van der Waals surface area contributed by atoms with Crippen LogP contribution in [0, 0.1) is 0 Å². The first-order valence-electron chi connectivity index (χ1n) is 6.29. The zero-order valence-electron chi connectivity index (χ0n) is 10.3. The average Bonchev–Trinajstić information content (AvgIpc) is 3.07. The molecular formula is C13H16ClN3O. The molecule has 2 aromatic heterocycles. The van der Waals surface area contributed by atoms with Gasteiger partial charge in [-0.2, -0.15) is 0 Å². The maximum absolute atomic E-state index is 5.82. The van der Waals surface area contributed by atoms with Crippen molar-refractivity contribution in [3.8, 4) is 11.6 Å². The summed E-state index contributed by atoms with van der Waals surface area (Å²) in [5.74, 6) is 1.60. The van der Waals surface area contributed by atoms with Crippen LogP contribution in [0.2, 0.25) is 5.22 Å². The van der Waals surface area contributed by atoms with Gasteiger partial charge in [0.15, 0.2) is 16.8 Å². The van der Waals surface area contributed by atoms with E-state index in [1.165, 1.54) is 0 Å². The summed E-state index contributed by atoms with van der Waals surface area (Å²) in [5, 5.41) is 0.404. The molecule has 0 aliphatic carbocycles. The van der Waals surface area contributed by atoms with Gasteiger partial charge in [0, 0.05) is 31.5 Å². The summed E-state index contributed by atoms with van der Waals surface area (Å²) in [7, 11) is 0. The first kappa shape index (κ1) is 11.8. The predicted molar refractivity (Wildman–Crippen MR) is 70.7 cm³/mol. The normalized spacial score (nSPS) is 20.7. The van der Waals surface area contributed by atoms with Crippen molar-refractivity contribution < 1.29 is 4.42 Å². The molecule has 0 saturated carbocycles. The predicted octanol–water partition coefficient (Wildman–Crippen LogP) is 3.06. The number of imidazole rings is 1. The van der Waals surface area contributed by atoms with Crippen molar-refractivity contribution >= 4 is 11.6 Å². The molecule has 1 unspecified atom stereocenters. The fourth-order valence-corrected chi connectivity index (χ4v) is 2.71. The summed E-state index contributed by atoms with van der Waals surface area (Å²) in [6, 6.07) is 4.10. The molecule has 18 heavy (non-hydrogen) atoms. The second kappa shape index (κ2) is 4.78. The van der Waals surface area contributed by atoms with Crippen LogP contribution in [0.5, 0.6) is 0 Å². The summed E-state index contributed by atoms with van der Waals surface area (Å²) < 4.78 is 7.65. The molecule has 1 aliphatic heterocycles. The van der Waals surface area contributed by atoms with E-state index in [-0.39, 0.29) is 0 Å². The summed E-state index contributed by atoms with van der Waals surface area (Å²) in [4.78, 5) is 6.84. The lowest BCUT2D eigenvalue weighted by molar-refractivity contribution is 0.341. The van der Waals surface area contributed by atoms with Crippen molar-refractivity contribution in [1.82, 2.24) is 14.5 Å². The fourth-order valence-electron chi connectivity index (χ4n) is 2.56. The minimum Gasteiger partial charge on any atom is -0.441 e. The van der Waals surface area contributed by atoms with Crippen molar-refractivity contribution in [3.05, 3.63) is 29.7 Å². The molecule has 4 nitrogen and oxygen atoms in total. The molecule has 0 radical (unpaired) electrons. The summed E-state index contributed by atoms with van der Waals surface area (Å²) in [5.41, 5.74) is 0. The molecule has 5 heteroatoms. The van der Waals surface area contributed by atoms with Crippen molar-refractivity contribution in [2.75, 3.05) is 19.6 Å². The Morgan fingerprint density at radius 1 is 1.50 bits per heavy atom. The molecule has 1 saturated heterocycles. The maximum Gasteiger partial charge on any atom is 0.194 e. The highest BCUT2D eigenvalue weighted by Gasteiger charge is 2.25. The van der Waals surface area contributed by atoms with Crippen LogP contribution in [0.15, 0.2) is 28.9 Å². The molecule has 1 atom stereocenters. The zero-order chi connectivity index (χ0) is 12.5. The number of furan rings is 1. The van der Waals surface area contributed by atoms with Gasteiger partial charge in [0.25, 0.3) is 0 Å². The highest BCUT2D eigenvalue weighted by molar-refractivity contribution is 6.28. The molecule has 1 fully saturated rings. The second-order valence-electron chi connectivity index (χ2n) is 4.60. The molecular weight excluding hydrogens is 250 g/mol. The summed E-state index contributed by atoms with van der Waals surface area (Å²) in [6.07, 6.45) is 5.00. The number of halogens is 1. The van der Waals surface area contributed by atoms with Crippen LogP contribution >= 0.6 is 11.6 Å². The Hall–Kier alpha value is -1.26. The van der Waals surface area contributed by atoms with Gasteiger partial charge in [-0.05, 0) is 36.7 Å². The smallest absolute Gasteiger partial charge is 0.194 e. The fraction of sp³-hybridized carbons (Fsp3) is 0.462. The Labute approximate surface area is 111 Å². The summed E-state index contributed by atoms with van der Waals surface area (Å²) in [6.45, 7) is 5.53. The Bertz CT molecular complexity index is 534. The molecule has 3 rings (SSSR count). The van der Waals surface area contributed by atoms with Crippen molar-refractivity contribution in [1.29, 1.82) is 0 Å². The Kier molecular flexibility index (Phi) is 3.14. The van der Waals surface area contributed by atoms with E-state index in [1.54, 1.807) is 6.07 Å². The number of likely N-dealkylation sites (tertiary alicyclic amines) is 1. The van der Waals surface area contributed by atoms with Crippen molar-refractivity contribution in [2.24, 2.45) is 0 Å². The van der Waals surface area contributed by atoms with Crippen molar-refractivity contribution in [2.45, 2.75) is 19.4 Å². The highest BCUT2D eigenvalue weighted by atomic mass is 35.5. The third kappa shape index (κ3) is 2.06. The van der Waals surface area contributed by atoms with Crippen LogP contribution in [0.4, 0.5) is 0 Å². The van der Waals surface area contributed by atoms with Gasteiger partial charge >= 0.3 is 0 Å². The molecule has 0 bridgehead atoms. The monoisotopic (exact) mass is 265 g/mol. The lowest BCUT2D eigenvalue weighted by atomic mass is 10.2. The quantitative estimate of drug-likeness (QED) is 0.855. The molecule has 3 heterocycles. The number of hydrogen-bond acceptors (Lipinski definition) is 3. The molecule has 2 aromatic rings. The van der Waals surface area contributed by atoms with E-state index in [9.17, 15) is 0 Å². The van der Waals surface area contributed by atoms with E-state index in [0.717, 1.165) is 37.6 Å². The van der Waals surface area contributed by atoms with Crippen LogP contribution in [0.25, 0.3) is 11.6 Å². The lowest BCUT2D eigenvalue weighted by Gasteiger charge is -2.15. The lowest BCUT2D eigenvalue weighted by Crippen LogP contribution is -2.21. The second-order valence-corrected chi connectivity index (χ2v) is 4.97. The van der Waals surface area contributed by atoms with Crippen LogP contribution in [0.1, 0.15) is 19.4 Å². The van der Waals surface area contributed by atoms with Crippen LogP contribution in [-0.2, 0) is 0 Å². The third-order valence-electron chi connectivity index (χ3n) is 3.55. The molecule has 0 amide bonds. The van der Waals surface area contributed by atoms with E-state index in [4.69, 9.17) is 16.0 Å². The Morgan fingerprint density at radius 2 is 2.39 bits per heavy atom. The number of aromatic nitrogens is 2. The molecule has 0 aromatic carbocycles. The van der Waals surface area contributed by atoms with E-state index in [2.05, 4.69) is 21.4 Å². The Balaban J connectivity index is 1.88. The molecule has 0 spiro atoms. The largest absolute Gasteiger partial charge is 0.441 e. The molecule has 0 N–H and O–H groups in total. The van der Waals surface area contributed by atoms with Gasteiger partial charge in [-0.25, -0.2) is 4.98 Å². The minimum absolute atomic E-state index is 0.404. The van der Waals surface area contributed by atoms with Gasteiger partial charge in [-0.15, -0.1) is 0 Å². The van der Waals surface area contributed by atoms with Crippen LogP contribution in [0.3, 0.4) is 0 Å². The van der Waals surface area contributed by atoms with Crippen LogP contribution < -0.4 is 0 Å². The van der Waals surface area contributed by atoms with E-state index in [0.29, 0.717) is 11.3 Å². The average molecular weight is 266 g/mol. The number of hydrogen-bond donors (Lipinski definition) is 0. The van der Waals surface area contributed by atoms with Gasteiger partial charge in [-0.1, -0.05) is 6.92 Å². The number of rotatable bonds is 3. The molecule has 1 aliphatic rings. The van der Waals surface area contributed by atoms with Crippen molar-refractivity contribution in [3.63, 3.8) is 0 Å². The van der Waals surface area contributed by atoms with Gasteiger partial charge in [0.05, 0.1) is 0 Å². The van der Waals surface area contributed by atoms with E-state index >= 15 is 0 Å². The van der Waals surface area contributed by atoms with E-state index in [1.807, 2.05) is 18.5 Å². The minimum atomic E-state index is 0.404. The standard InChI is InChI=1S/C13H16ClN3O/c1-2-16-7-5-10(9-16)17-8-6-15-13(17)11-3-4-12(14)18-11/h3-4,6,8,10H,2,5,7,9H2,1H3. The first-order valence-corrected chi connectivity index (χ1v) is 6.66. The Morgan fingerprint density at radius 3 is 3.06 bits per heavy atom. The van der Waals surface area contributed by atoms with Gasteiger partial charge in [0.1, 0.15) is 0 Å². The van der Waals surface area contributed by atoms with Gasteiger partial charge in [0.2, 0.25) is 0 Å². The summed E-state index contributed by atoms with van der Waals surface area (Å²) >= 11 is 5.82. The van der Waals surface area contributed by atoms with Crippen LogP contribution in [-0.4, -0.2) is 34.1 Å². The number of likely N-dealkylation sites (N-methyl/N-ethyl adjacent to an activating group) is 1. The zero-order valence-corrected chi connectivity index (χ0v) is 11.1. The van der Waals surface area contributed by atoms with E-state index < -0.39 is 0 Å². The third-order valence-corrected chi connectivity index (χ3v) is 3.75. The number of nitrogens with zero attached hydrogens (tertiary/aromatic N) is 3. The first-order chi connectivity index (χ1) is 8.78. The molecule has 96 valence electrons. The topological polar surface area (TPSA) is 34.2 Å². The SMILES string of the molecule is CCN1CCC(n2ccnc2-c2ccc(Cl)o2)C1. The highest BCUT2D eigenvalue weighted by Crippen LogP contribution is 2.29. The van der Waals surface area contributed by atoms with Gasteiger partial charge in [-0.3, -0.25) is 0 Å². The van der Waals surface area contributed by atoms with Gasteiger partial charge < -0.3 is 13.9 Å². The maximum atomic E-state index is 5.82.